The molecule has 3 heteroatoms. The highest BCUT2D eigenvalue weighted by Crippen LogP contribution is 2.24. The first-order chi connectivity index (χ1) is 9.26. The quantitative estimate of drug-likeness (QED) is 0.748. The lowest BCUT2D eigenvalue weighted by Gasteiger charge is -2.06. The number of anilines is 2. The summed E-state index contributed by atoms with van der Waals surface area (Å²) in [5.74, 6) is 0. The molecule has 0 spiro atoms. The third-order valence-electron chi connectivity index (χ3n) is 3.18. The summed E-state index contributed by atoms with van der Waals surface area (Å²) in [7, 11) is 0. The van der Waals surface area contributed by atoms with Gasteiger partial charge < -0.3 is 9.73 Å². The molecule has 0 saturated carbocycles. The molecule has 1 heterocycles. The first-order valence-electron chi connectivity index (χ1n) is 6.48. The topological polar surface area (TPSA) is 38.1 Å². The van der Waals surface area contributed by atoms with Crippen LogP contribution >= 0.6 is 0 Å². The Morgan fingerprint density at radius 3 is 2.84 bits per heavy atom. The van der Waals surface area contributed by atoms with Gasteiger partial charge in [0.15, 0.2) is 5.58 Å². The molecule has 19 heavy (non-hydrogen) atoms. The molecule has 0 aliphatic rings. The summed E-state index contributed by atoms with van der Waals surface area (Å²) in [6, 6.07) is 14.7. The van der Waals surface area contributed by atoms with Gasteiger partial charge in [-0.2, -0.15) is 4.98 Å². The highest BCUT2D eigenvalue weighted by Gasteiger charge is 2.07. The van der Waals surface area contributed by atoms with Gasteiger partial charge in [-0.15, -0.1) is 0 Å². The molecule has 1 N–H and O–H groups in total. The van der Waals surface area contributed by atoms with Crippen LogP contribution in [0.5, 0.6) is 0 Å². The molecule has 0 bridgehead atoms. The van der Waals surface area contributed by atoms with Crippen molar-refractivity contribution in [2.24, 2.45) is 0 Å². The van der Waals surface area contributed by atoms with Gasteiger partial charge in [0.25, 0.3) is 6.01 Å². The Morgan fingerprint density at radius 1 is 1.16 bits per heavy atom. The fraction of sp³-hybridized carbons (Fsp3) is 0.188. The van der Waals surface area contributed by atoms with Gasteiger partial charge in [-0.05, 0) is 42.7 Å². The largest absolute Gasteiger partial charge is 0.423 e. The Hall–Kier alpha value is -2.29. The molecule has 0 saturated heterocycles. The molecule has 0 radical (unpaired) electrons. The van der Waals surface area contributed by atoms with Crippen molar-refractivity contribution in [2.45, 2.75) is 20.3 Å². The lowest BCUT2D eigenvalue weighted by Crippen LogP contribution is -1.94. The summed E-state index contributed by atoms with van der Waals surface area (Å²) >= 11 is 0. The fourth-order valence-electron chi connectivity index (χ4n) is 2.16. The first-order valence-corrected chi connectivity index (χ1v) is 6.48. The van der Waals surface area contributed by atoms with Crippen LogP contribution in [0.3, 0.4) is 0 Å². The second-order valence-electron chi connectivity index (χ2n) is 4.63. The number of para-hydroxylation sites is 1. The molecule has 0 aliphatic heterocycles. The zero-order valence-electron chi connectivity index (χ0n) is 11.1. The minimum absolute atomic E-state index is 0.543. The van der Waals surface area contributed by atoms with E-state index in [9.17, 15) is 0 Å². The summed E-state index contributed by atoms with van der Waals surface area (Å²) in [5, 5.41) is 3.25. The van der Waals surface area contributed by atoms with Crippen LogP contribution in [0.15, 0.2) is 46.9 Å². The van der Waals surface area contributed by atoms with Gasteiger partial charge in [0.2, 0.25) is 0 Å². The maximum atomic E-state index is 5.70. The molecule has 2 aromatic carbocycles. The number of nitrogens with zero attached hydrogens (tertiary/aromatic N) is 1. The third-order valence-corrected chi connectivity index (χ3v) is 3.18. The fourth-order valence-corrected chi connectivity index (χ4v) is 2.16. The van der Waals surface area contributed by atoms with Crippen molar-refractivity contribution in [2.75, 3.05) is 5.32 Å². The molecule has 3 nitrogen and oxygen atoms in total. The molecule has 0 atom stereocenters. The molecule has 0 unspecified atom stereocenters. The molecule has 1 aromatic heterocycles. The van der Waals surface area contributed by atoms with Crippen LogP contribution in [0.4, 0.5) is 11.7 Å². The number of aromatic nitrogens is 1. The monoisotopic (exact) mass is 252 g/mol. The number of aryl methyl sites for hydroxylation is 2. The molecule has 3 aromatic rings. The van der Waals surface area contributed by atoms with Crippen LogP contribution in [-0.2, 0) is 6.42 Å². The Labute approximate surface area is 112 Å². The Bertz CT molecular complexity index is 716. The molecule has 0 fully saturated rings. The standard InChI is InChI=1S/C16H16N2O/c1-3-12-6-4-5-7-13(12)17-16-18-14-10-11(2)8-9-15(14)19-16/h4-10H,3H2,1-2H3,(H,17,18). The average molecular weight is 252 g/mol. The lowest BCUT2D eigenvalue weighted by molar-refractivity contribution is 0.623. The van der Waals surface area contributed by atoms with Gasteiger partial charge in [-0.1, -0.05) is 31.2 Å². The highest BCUT2D eigenvalue weighted by molar-refractivity contribution is 5.76. The lowest BCUT2D eigenvalue weighted by atomic mass is 10.1. The summed E-state index contributed by atoms with van der Waals surface area (Å²) in [4.78, 5) is 4.47. The molecule has 3 rings (SSSR count). The van der Waals surface area contributed by atoms with E-state index in [1.54, 1.807) is 0 Å². The summed E-state index contributed by atoms with van der Waals surface area (Å²) < 4.78 is 5.70. The molecule has 0 aliphatic carbocycles. The van der Waals surface area contributed by atoms with Crippen molar-refractivity contribution < 1.29 is 4.42 Å². The number of hydrogen-bond donors (Lipinski definition) is 1. The van der Waals surface area contributed by atoms with E-state index < -0.39 is 0 Å². The van der Waals surface area contributed by atoms with E-state index in [0.717, 1.165) is 23.2 Å². The Morgan fingerprint density at radius 2 is 2.00 bits per heavy atom. The van der Waals surface area contributed by atoms with Crippen molar-refractivity contribution in [1.29, 1.82) is 0 Å². The zero-order chi connectivity index (χ0) is 13.2. The first kappa shape index (κ1) is 11.8. The van der Waals surface area contributed by atoms with E-state index in [2.05, 4.69) is 23.3 Å². The normalized spacial score (nSPS) is 10.8. The van der Waals surface area contributed by atoms with Crippen molar-refractivity contribution in [3.63, 3.8) is 0 Å². The van der Waals surface area contributed by atoms with E-state index >= 15 is 0 Å². The molecule has 0 amide bonds. The van der Waals surface area contributed by atoms with Gasteiger partial charge in [-0.25, -0.2) is 0 Å². The summed E-state index contributed by atoms with van der Waals surface area (Å²) in [5.41, 5.74) is 5.18. The molecular weight excluding hydrogens is 236 g/mol. The van der Waals surface area contributed by atoms with Crippen molar-refractivity contribution >= 4 is 22.8 Å². The summed E-state index contributed by atoms with van der Waals surface area (Å²) in [6.07, 6.45) is 0.975. The molecule has 96 valence electrons. The minimum Gasteiger partial charge on any atom is -0.423 e. The van der Waals surface area contributed by atoms with E-state index in [4.69, 9.17) is 4.42 Å². The number of nitrogens with one attached hydrogen (secondary N) is 1. The van der Waals surface area contributed by atoms with Crippen molar-refractivity contribution in [3.05, 3.63) is 53.6 Å². The van der Waals surface area contributed by atoms with Gasteiger partial charge in [-0.3, -0.25) is 0 Å². The van der Waals surface area contributed by atoms with Gasteiger partial charge in [0.1, 0.15) is 5.52 Å². The van der Waals surface area contributed by atoms with Crippen molar-refractivity contribution in [3.8, 4) is 0 Å². The maximum absolute atomic E-state index is 5.70. The SMILES string of the molecule is CCc1ccccc1Nc1nc2cc(C)ccc2o1. The maximum Gasteiger partial charge on any atom is 0.300 e. The number of fused-ring (bicyclic) bond motifs is 1. The van der Waals surface area contributed by atoms with Crippen LogP contribution in [0.25, 0.3) is 11.1 Å². The molecular formula is C16H16N2O. The third kappa shape index (κ3) is 2.32. The number of oxazole rings is 1. The predicted molar refractivity (Wildman–Crippen MR) is 77.8 cm³/mol. The van der Waals surface area contributed by atoms with E-state index in [0.29, 0.717) is 6.01 Å². The van der Waals surface area contributed by atoms with Crippen LogP contribution < -0.4 is 5.32 Å². The summed E-state index contributed by atoms with van der Waals surface area (Å²) in [6.45, 7) is 4.18. The van der Waals surface area contributed by atoms with Gasteiger partial charge in [0, 0.05) is 5.69 Å². The van der Waals surface area contributed by atoms with Gasteiger partial charge in [0.05, 0.1) is 0 Å². The second-order valence-corrected chi connectivity index (χ2v) is 4.63. The minimum atomic E-state index is 0.543. The van der Waals surface area contributed by atoms with Crippen molar-refractivity contribution in [1.82, 2.24) is 4.98 Å². The Kier molecular flexibility index (Phi) is 2.95. The van der Waals surface area contributed by atoms with Gasteiger partial charge >= 0.3 is 0 Å². The van der Waals surface area contributed by atoms with Crippen LogP contribution in [0.2, 0.25) is 0 Å². The smallest absolute Gasteiger partial charge is 0.300 e. The Balaban J connectivity index is 1.96. The van der Waals surface area contributed by atoms with E-state index in [1.165, 1.54) is 11.1 Å². The van der Waals surface area contributed by atoms with Crippen LogP contribution in [0.1, 0.15) is 18.1 Å². The van der Waals surface area contributed by atoms with Crippen LogP contribution in [0, 0.1) is 6.92 Å². The number of hydrogen-bond acceptors (Lipinski definition) is 3. The van der Waals surface area contributed by atoms with E-state index in [-0.39, 0.29) is 0 Å². The average Bonchev–Trinajstić information content (AvgIpc) is 2.80. The number of rotatable bonds is 3. The second kappa shape index (κ2) is 4.76. The van der Waals surface area contributed by atoms with E-state index in [1.807, 2.05) is 43.3 Å². The number of benzene rings is 2. The zero-order valence-corrected chi connectivity index (χ0v) is 11.1. The van der Waals surface area contributed by atoms with Crippen LogP contribution in [-0.4, -0.2) is 4.98 Å². The highest BCUT2D eigenvalue weighted by atomic mass is 16.4. The predicted octanol–water partition coefficient (Wildman–Crippen LogP) is 4.44.